The number of rotatable bonds is 5. The van der Waals surface area contributed by atoms with Gasteiger partial charge in [-0.1, -0.05) is 30.3 Å². The summed E-state index contributed by atoms with van der Waals surface area (Å²) in [5.74, 6) is -2.19. The SMILES string of the molecule is CC(=O)O[C@@H](C)C(=O)O[C@H](C(=O)OP)c1ccccc1. The van der Waals surface area contributed by atoms with Gasteiger partial charge in [0.2, 0.25) is 6.10 Å². The first-order valence-electron chi connectivity index (χ1n) is 5.79. The van der Waals surface area contributed by atoms with Crippen LogP contribution in [0.2, 0.25) is 0 Å². The maximum atomic E-state index is 11.8. The largest absolute Gasteiger partial charge is 0.451 e. The first-order chi connectivity index (χ1) is 9.45. The number of carbonyl (C=O) groups is 3. The van der Waals surface area contributed by atoms with Crippen molar-refractivity contribution in [1.29, 1.82) is 0 Å². The van der Waals surface area contributed by atoms with Crippen molar-refractivity contribution in [1.82, 2.24) is 0 Å². The summed E-state index contributed by atoms with van der Waals surface area (Å²) in [5.41, 5.74) is 0.461. The van der Waals surface area contributed by atoms with Gasteiger partial charge in [0.05, 0.1) is 9.47 Å². The Kier molecular flexibility index (Phi) is 6.12. The predicted molar refractivity (Wildman–Crippen MR) is 72.3 cm³/mol. The third-order valence-corrected chi connectivity index (χ3v) is 2.57. The summed E-state index contributed by atoms with van der Waals surface area (Å²) in [4.78, 5) is 34.2. The van der Waals surface area contributed by atoms with Crippen LogP contribution < -0.4 is 0 Å². The molecule has 20 heavy (non-hydrogen) atoms. The third-order valence-electron chi connectivity index (χ3n) is 2.34. The van der Waals surface area contributed by atoms with Crippen molar-refractivity contribution in [3.05, 3.63) is 35.9 Å². The number of ether oxygens (including phenoxy) is 2. The Morgan fingerprint density at radius 1 is 1.05 bits per heavy atom. The summed E-state index contributed by atoms with van der Waals surface area (Å²) < 4.78 is 14.3. The summed E-state index contributed by atoms with van der Waals surface area (Å²) >= 11 is 0. The number of hydrogen-bond donors (Lipinski definition) is 0. The van der Waals surface area contributed by atoms with Gasteiger partial charge in [-0.05, 0) is 6.92 Å². The molecule has 0 aromatic heterocycles. The molecule has 1 aromatic carbocycles. The van der Waals surface area contributed by atoms with E-state index in [2.05, 4.69) is 4.52 Å². The highest BCUT2D eigenvalue weighted by Gasteiger charge is 2.29. The van der Waals surface area contributed by atoms with E-state index in [1.807, 2.05) is 0 Å². The lowest BCUT2D eigenvalue weighted by Gasteiger charge is -2.18. The molecule has 3 atom stereocenters. The lowest BCUT2D eigenvalue weighted by atomic mass is 10.1. The van der Waals surface area contributed by atoms with Gasteiger partial charge in [-0.3, -0.25) is 4.79 Å². The maximum absolute atomic E-state index is 11.8. The molecule has 0 saturated carbocycles. The number of carbonyl (C=O) groups excluding carboxylic acids is 3. The van der Waals surface area contributed by atoms with Crippen molar-refractivity contribution in [2.75, 3.05) is 0 Å². The fourth-order valence-corrected chi connectivity index (χ4v) is 1.57. The Morgan fingerprint density at radius 2 is 1.65 bits per heavy atom. The zero-order chi connectivity index (χ0) is 15.1. The average molecular weight is 298 g/mol. The van der Waals surface area contributed by atoms with E-state index in [1.54, 1.807) is 39.8 Å². The van der Waals surface area contributed by atoms with Crippen molar-refractivity contribution < 1.29 is 28.4 Å². The van der Waals surface area contributed by atoms with Gasteiger partial charge in [-0.15, -0.1) is 0 Å². The zero-order valence-electron chi connectivity index (χ0n) is 11.1. The van der Waals surface area contributed by atoms with Gasteiger partial charge >= 0.3 is 17.9 Å². The summed E-state index contributed by atoms with van der Waals surface area (Å²) in [6.07, 6.45) is -2.31. The Bertz CT molecular complexity index is 487. The van der Waals surface area contributed by atoms with Gasteiger partial charge in [0.15, 0.2) is 6.10 Å². The lowest BCUT2D eigenvalue weighted by Crippen LogP contribution is -2.29. The molecule has 0 radical (unpaired) electrons. The van der Waals surface area contributed by atoms with Crippen LogP contribution >= 0.6 is 9.47 Å². The van der Waals surface area contributed by atoms with E-state index in [0.29, 0.717) is 5.56 Å². The van der Waals surface area contributed by atoms with E-state index in [4.69, 9.17) is 9.47 Å². The summed E-state index contributed by atoms with van der Waals surface area (Å²) in [6.45, 7) is 2.53. The molecule has 6 nitrogen and oxygen atoms in total. The second-order valence-corrected chi connectivity index (χ2v) is 4.15. The van der Waals surface area contributed by atoms with Crippen molar-refractivity contribution >= 4 is 27.4 Å². The van der Waals surface area contributed by atoms with E-state index in [0.717, 1.165) is 0 Å². The van der Waals surface area contributed by atoms with Crippen LogP contribution in [0.25, 0.3) is 0 Å². The van der Waals surface area contributed by atoms with E-state index >= 15 is 0 Å². The van der Waals surface area contributed by atoms with Crippen LogP contribution in [0.4, 0.5) is 0 Å². The quantitative estimate of drug-likeness (QED) is 0.606. The summed E-state index contributed by atoms with van der Waals surface area (Å²) in [6, 6.07) is 8.39. The van der Waals surface area contributed by atoms with Gasteiger partial charge < -0.3 is 14.0 Å². The van der Waals surface area contributed by atoms with Crippen LogP contribution in [0.3, 0.4) is 0 Å². The van der Waals surface area contributed by atoms with E-state index in [-0.39, 0.29) is 0 Å². The lowest BCUT2D eigenvalue weighted by molar-refractivity contribution is -0.174. The second-order valence-electron chi connectivity index (χ2n) is 3.92. The highest BCUT2D eigenvalue weighted by atomic mass is 31.0. The second kappa shape index (κ2) is 7.60. The molecular formula is C13H15O6P. The molecule has 0 aliphatic heterocycles. The standard InChI is InChI=1S/C13H15O6P/c1-8(17-9(2)14)12(15)18-11(13(16)19-20)10-6-4-3-5-7-10/h3-8,11H,20H2,1-2H3/t8-,11-/m0/s1. The van der Waals surface area contributed by atoms with Gasteiger partial charge in [0.1, 0.15) is 0 Å². The van der Waals surface area contributed by atoms with Crippen LogP contribution in [-0.4, -0.2) is 24.0 Å². The van der Waals surface area contributed by atoms with Gasteiger partial charge in [0.25, 0.3) is 0 Å². The Balaban J connectivity index is 2.84. The predicted octanol–water partition coefficient (Wildman–Crippen LogP) is 1.56. The third kappa shape index (κ3) is 4.63. The topological polar surface area (TPSA) is 78.9 Å². The van der Waals surface area contributed by atoms with Crippen LogP contribution in [-0.2, 0) is 28.4 Å². The molecule has 0 spiro atoms. The molecule has 0 aliphatic rings. The van der Waals surface area contributed by atoms with E-state index in [1.165, 1.54) is 13.8 Å². The monoisotopic (exact) mass is 298 g/mol. The molecule has 7 heteroatoms. The van der Waals surface area contributed by atoms with E-state index in [9.17, 15) is 14.4 Å². The van der Waals surface area contributed by atoms with Crippen molar-refractivity contribution in [3.63, 3.8) is 0 Å². The fourth-order valence-electron chi connectivity index (χ4n) is 1.45. The van der Waals surface area contributed by atoms with Gasteiger partial charge in [0, 0.05) is 12.5 Å². The number of hydrogen-bond acceptors (Lipinski definition) is 6. The minimum absolute atomic E-state index is 0.461. The first-order valence-corrected chi connectivity index (χ1v) is 6.26. The van der Waals surface area contributed by atoms with Crippen LogP contribution in [0.15, 0.2) is 30.3 Å². The molecule has 0 fully saturated rings. The smallest absolute Gasteiger partial charge is 0.354 e. The molecule has 108 valence electrons. The highest BCUT2D eigenvalue weighted by Crippen LogP contribution is 2.21. The van der Waals surface area contributed by atoms with Crippen molar-refractivity contribution in [3.8, 4) is 0 Å². The molecule has 1 rings (SSSR count). The normalized spacial score (nSPS) is 12.9. The van der Waals surface area contributed by atoms with Crippen LogP contribution in [0, 0.1) is 0 Å². The fraction of sp³-hybridized carbons (Fsp3) is 0.308. The summed E-state index contributed by atoms with van der Waals surface area (Å²) in [5, 5.41) is 0. The molecule has 0 heterocycles. The molecule has 0 saturated heterocycles. The molecule has 0 aliphatic carbocycles. The zero-order valence-corrected chi connectivity index (χ0v) is 12.2. The number of esters is 2. The molecule has 0 bridgehead atoms. The minimum Gasteiger partial charge on any atom is -0.451 e. The van der Waals surface area contributed by atoms with Gasteiger partial charge in [-0.25, -0.2) is 9.59 Å². The summed E-state index contributed by atoms with van der Waals surface area (Å²) in [7, 11) is 1.80. The number of benzene rings is 1. The molecule has 0 N–H and O–H groups in total. The van der Waals surface area contributed by atoms with Crippen molar-refractivity contribution in [2.45, 2.75) is 26.1 Å². The van der Waals surface area contributed by atoms with Crippen molar-refractivity contribution in [2.24, 2.45) is 0 Å². The Hall–Kier alpha value is -1.94. The maximum Gasteiger partial charge on any atom is 0.354 e. The van der Waals surface area contributed by atoms with E-state index < -0.39 is 30.1 Å². The molecule has 1 aromatic rings. The molecular weight excluding hydrogens is 283 g/mol. The first kappa shape index (κ1) is 16.1. The molecule has 0 amide bonds. The van der Waals surface area contributed by atoms with Crippen LogP contribution in [0.1, 0.15) is 25.5 Å². The highest BCUT2D eigenvalue weighted by molar-refractivity contribution is 7.10. The van der Waals surface area contributed by atoms with Crippen LogP contribution in [0.5, 0.6) is 0 Å². The Labute approximate surface area is 118 Å². The van der Waals surface area contributed by atoms with Gasteiger partial charge in [-0.2, -0.15) is 0 Å². The average Bonchev–Trinajstić information content (AvgIpc) is 2.43. The molecule has 1 unspecified atom stereocenters. The Morgan fingerprint density at radius 3 is 2.15 bits per heavy atom. The minimum atomic E-state index is -1.21.